The summed E-state index contributed by atoms with van der Waals surface area (Å²) in [5.41, 5.74) is 0. The third-order valence-electron chi connectivity index (χ3n) is 3.65. The molecule has 0 spiro atoms. The van der Waals surface area contributed by atoms with Gasteiger partial charge in [-0.3, -0.25) is 0 Å². The molecule has 6 heteroatoms. The van der Waals surface area contributed by atoms with Crippen molar-refractivity contribution >= 4 is 23.1 Å². The molecule has 0 amide bonds. The van der Waals surface area contributed by atoms with E-state index >= 15 is 0 Å². The van der Waals surface area contributed by atoms with E-state index in [0.717, 1.165) is 16.7 Å². The number of thiophene rings is 1. The van der Waals surface area contributed by atoms with Crippen LogP contribution in [-0.4, -0.2) is 45.1 Å². The van der Waals surface area contributed by atoms with Crippen LogP contribution in [0.5, 0.6) is 0 Å². The Morgan fingerprint density at radius 3 is 3.00 bits per heavy atom. The Kier molecular flexibility index (Phi) is 3.91. The maximum atomic E-state index is 4.32. The van der Waals surface area contributed by atoms with E-state index in [9.17, 15) is 0 Å². The van der Waals surface area contributed by atoms with Crippen molar-refractivity contribution in [1.82, 2.24) is 19.7 Å². The van der Waals surface area contributed by atoms with E-state index in [4.69, 9.17) is 0 Å². The highest BCUT2D eigenvalue weighted by molar-refractivity contribution is 7.99. The Morgan fingerprint density at radius 1 is 1.42 bits per heavy atom. The number of hydrogen-bond acceptors (Lipinski definition) is 5. The summed E-state index contributed by atoms with van der Waals surface area (Å²) in [6.07, 6.45) is 2.63. The molecule has 1 saturated heterocycles. The second-order valence-electron chi connectivity index (χ2n) is 4.93. The first-order valence-corrected chi connectivity index (χ1v) is 8.38. The van der Waals surface area contributed by atoms with Crippen LogP contribution in [0.3, 0.4) is 0 Å². The minimum Gasteiger partial charge on any atom is -0.305 e. The number of hydrogen-bond donors (Lipinski definition) is 0. The van der Waals surface area contributed by atoms with Gasteiger partial charge in [0.25, 0.3) is 0 Å². The van der Waals surface area contributed by atoms with Gasteiger partial charge in [0.1, 0.15) is 0 Å². The van der Waals surface area contributed by atoms with Crippen molar-refractivity contribution in [3.8, 4) is 10.7 Å². The fourth-order valence-electron chi connectivity index (χ4n) is 2.42. The third-order valence-corrected chi connectivity index (χ3v) is 5.68. The van der Waals surface area contributed by atoms with Crippen LogP contribution in [0.1, 0.15) is 12.8 Å². The van der Waals surface area contributed by atoms with Gasteiger partial charge in [-0.25, -0.2) is 0 Å². The second-order valence-corrected chi connectivity index (χ2v) is 6.87. The zero-order valence-electron chi connectivity index (χ0n) is 11.2. The van der Waals surface area contributed by atoms with Crippen molar-refractivity contribution in [3.63, 3.8) is 0 Å². The van der Waals surface area contributed by atoms with Gasteiger partial charge in [0.15, 0.2) is 11.0 Å². The summed E-state index contributed by atoms with van der Waals surface area (Å²) in [6.45, 7) is 1.23. The van der Waals surface area contributed by atoms with Crippen LogP contribution >= 0.6 is 23.1 Å². The first-order valence-electron chi connectivity index (χ1n) is 6.52. The monoisotopic (exact) mass is 294 g/mol. The minimum absolute atomic E-state index is 0.687. The maximum absolute atomic E-state index is 4.32. The third kappa shape index (κ3) is 2.70. The number of nitrogens with zero attached hydrogens (tertiary/aromatic N) is 4. The largest absolute Gasteiger partial charge is 0.305 e. The van der Waals surface area contributed by atoms with Crippen molar-refractivity contribution in [1.29, 1.82) is 0 Å². The normalized spacial score (nSPS) is 20.2. The first kappa shape index (κ1) is 13.1. The van der Waals surface area contributed by atoms with Crippen molar-refractivity contribution in [2.45, 2.75) is 24.0 Å². The smallest absolute Gasteiger partial charge is 0.191 e. The van der Waals surface area contributed by atoms with E-state index < -0.39 is 0 Å². The van der Waals surface area contributed by atoms with Crippen molar-refractivity contribution in [3.05, 3.63) is 17.5 Å². The lowest BCUT2D eigenvalue weighted by Crippen LogP contribution is -2.26. The van der Waals surface area contributed by atoms with Gasteiger partial charge in [-0.05, 0) is 37.9 Å². The summed E-state index contributed by atoms with van der Waals surface area (Å²) in [5, 5.41) is 11.7. The van der Waals surface area contributed by atoms with Gasteiger partial charge in [0, 0.05) is 18.8 Å². The summed E-state index contributed by atoms with van der Waals surface area (Å²) in [5.74, 6) is 2.07. The molecule has 0 unspecified atom stereocenters. The van der Waals surface area contributed by atoms with E-state index in [1.807, 2.05) is 11.8 Å². The van der Waals surface area contributed by atoms with Crippen molar-refractivity contribution in [2.24, 2.45) is 7.05 Å². The average molecular weight is 294 g/mol. The second kappa shape index (κ2) is 5.64. The van der Waals surface area contributed by atoms with Gasteiger partial charge in [0.2, 0.25) is 0 Å². The molecule has 102 valence electrons. The summed E-state index contributed by atoms with van der Waals surface area (Å²) >= 11 is 3.52. The molecule has 19 heavy (non-hydrogen) atoms. The van der Waals surface area contributed by atoms with Gasteiger partial charge in [-0.15, -0.1) is 21.5 Å². The molecular weight excluding hydrogens is 276 g/mol. The Morgan fingerprint density at radius 2 is 2.32 bits per heavy atom. The fraction of sp³-hybridized carbons (Fsp3) is 0.538. The number of rotatable bonds is 4. The molecule has 2 aromatic heterocycles. The minimum atomic E-state index is 0.687. The van der Waals surface area contributed by atoms with Crippen LogP contribution < -0.4 is 0 Å². The molecule has 1 aliphatic heterocycles. The fourth-order valence-corrected chi connectivity index (χ4v) is 4.31. The number of thioether (sulfide) groups is 1. The van der Waals surface area contributed by atoms with Gasteiger partial charge in [-0.1, -0.05) is 17.8 Å². The molecule has 3 heterocycles. The zero-order valence-corrected chi connectivity index (χ0v) is 12.9. The highest BCUT2D eigenvalue weighted by Gasteiger charge is 2.22. The lowest BCUT2D eigenvalue weighted by molar-refractivity contribution is 0.335. The van der Waals surface area contributed by atoms with Crippen LogP contribution in [0, 0.1) is 0 Å². The standard InChI is InChI=1S/C13H18N4S2/c1-16-7-3-5-10(16)9-19-13-15-14-12(17(13)2)11-6-4-8-18-11/h4,6,8,10H,3,5,7,9H2,1-2H3/t10-/m1/s1. The lowest BCUT2D eigenvalue weighted by atomic mass is 10.2. The summed E-state index contributed by atoms with van der Waals surface area (Å²) in [6, 6.07) is 4.83. The molecule has 3 rings (SSSR count). The van der Waals surface area contributed by atoms with Crippen molar-refractivity contribution < 1.29 is 0 Å². The predicted molar refractivity (Wildman–Crippen MR) is 80.7 cm³/mol. The van der Waals surface area contributed by atoms with Crippen LogP contribution in [-0.2, 0) is 7.05 Å². The molecule has 0 aliphatic carbocycles. The van der Waals surface area contributed by atoms with Gasteiger partial charge in [0.05, 0.1) is 4.88 Å². The maximum Gasteiger partial charge on any atom is 0.191 e. The molecule has 0 N–H and O–H groups in total. The molecule has 1 atom stereocenters. The molecular formula is C13H18N4S2. The molecule has 1 aliphatic rings. The van der Waals surface area contributed by atoms with Crippen LogP contribution in [0.15, 0.2) is 22.7 Å². The predicted octanol–water partition coefficient (Wildman–Crippen LogP) is 2.73. The first-order chi connectivity index (χ1) is 9.25. The Bertz CT molecular complexity index is 535. The van der Waals surface area contributed by atoms with Gasteiger partial charge < -0.3 is 9.47 Å². The number of aromatic nitrogens is 3. The van der Waals surface area contributed by atoms with Crippen LogP contribution in [0.25, 0.3) is 10.7 Å². The van der Waals surface area contributed by atoms with Crippen molar-refractivity contribution in [2.75, 3.05) is 19.3 Å². The van der Waals surface area contributed by atoms with E-state index in [1.54, 1.807) is 11.3 Å². The Hall–Kier alpha value is -0.850. The summed E-state index contributed by atoms with van der Waals surface area (Å²) in [7, 11) is 4.27. The Balaban J connectivity index is 1.69. The molecule has 0 aromatic carbocycles. The van der Waals surface area contributed by atoms with E-state index in [0.29, 0.717) is 6.04 Å². The van der Waals surface area contributed by atoms with Gasteiger partial charge >= 0.3 is 0 Å². The SMILES string of the molecule is CN1CCC[C@@H]1CSc1nnc(-c2cccs2)n1C. The molecule has 0 saturated carbocycles. The highest BCUT2D eigenvalue weighted by Crippen LogP contribution is 2.28. The van der Waals surface area contributed by atoms with E-state index in [1.165, 1.54) is 24.3 Å². The topological polar surface area (TPSA) is 34.0 Å². The van der Waals surface area contributed by atoms with Gasteiger partial charge in [-0.2, -0.15) is 0 Å². The molecule has 0 bridgehead atoms. The quantitative estimate of drug-likeness (QED) is 0.812. The van der Waals surface area contributed by atoms with Crippen LogP contribution in [0.4, 0.5) is 0 Å². The molecule has 4 nitrogen and oxygen atoms in total. The molecule has 2 aromatic rings. The van der Waals surface area contributed by atoms with E-state index in [-0.39, 0.29) is 0 Å². The summed E-state index contributed by atoms with van der Waals surface area (Å²) in [4.78, 5) is 3.63. The number of likely N-dealkylation sites (tertiary alicyclic amines) is 1. The Labute approximate surface area is 121 Å². The lowest BCUT2D eigenvalue weighted by Gasteiger charge is -2.18. The average Bonchev–Trinajstić information content (AvgIpc) is 3.09. The molecule has 1 fully saturated rings. The van der Waals surface area contributed by atoms with E-state index in [2.05, 4.69) is 51.3 Å². The zero-order chi connectivity index (χ0) is 13.2. The highest BCUT2D eigenvalue weighted by atomic mass is 32.2. The summed E-state index contributed by atoms with van der Waals surface area (Å²) < 4.78 is 2.10. The molecule has 0 radical (unpaired) electrons. The van der Waals surface area contributed by atoms with Crippen LogP contribution in [0.2, 0.25) is 0 Å².